The molecule has 1 aromatic carbocycles. The third-order valence-corrected chi connectivity index (χ3v) is 5.24. The van der Waals surface area contributed by atoms with Crippen molar-refractivity contribution in [2.75, 3.05) is 34.4 Å². The van der Waals surface area contributed by atoms with Gasteiger partial charge in [0, 0.05) is 26.2 Å². The third-order valence-electron chi connectivity index (χ3n) is 5.24. The first kappa shape index (κ1) is 16.1. The number of rotatable bonds is 4. The Kier molecular flexibility index (Phi) is 4.48. The summed E-state index contributed by atoms with van der Waals surface area (Å²) < 4.78 is 10.7. The summed E-state index contributed by atoms with van der Waals surface area (Å²) in [6, 6.07) is 5.94. The second-order valence-corrected chi connectivity index (χ2v) is 6.61. The van der Waals surface area contributed by atoms with Crippen molar-refractivity contribution in [3.8, 4) is 11.5 Å². The van der Waals surface area contributed by atoms with E-state index < -0.39 is 0 Å². The van der Waals surface area contributed by atoms with Crippen molar-refractivity contribution in [1.82, 2.24) is 9.80 Å². The van der Waals surface area contributed by atoms with Crippen LogP contribution in [-0.2, 0) is 11.3 Å². The van der Waals surface area contributed by atoms with E-state index >= 15 is 0 Å². The highest BCUT2D eigenvalue weighted by Crippen LogP contribution is 2.39. The molecule has 1 atom stereocenters. The molecule has 23 heavy (non-hydrogen) atoms. The smallest absolute Gasteiger partial charge is 0.242 e. The largest absolute Gasteiger partial charge is 0.497 e. The summed E-state index contributed by atoms with van der Waals surface area (Å²) in [6.07, 6.45) is 4.11. The summed E-state index contributed by atoms with van der Waals surface area (Å²) in [6.45, 7) is 2.60. The highest BCUT2D eigenvalue weighted by molar-refractivity contribution is 5.87. The van der Waals surface area contributed by atoms with Crippen LogP contribution in [0.1, 0.15) is 31.2 Å². The minimum absolute atomic E-state index is 0.288. The van der Waals surface area contributed by atoms with E-state index in [2.05, 4.69) is 4.90 Å². The van der Waals surface area contributed by atoms with Crippen molar-refractivity contribution in [3.63, 3.8) is 0 Å². The number of ether oxygens (including phenoxy) is 2. The number of amides is 1. The van der Waals surface area contributed by atoms with Crippen LogP contribution in [0.25, 0.3) is 0 Å². The number of benzene rings is 1. The van der Waals surface area contributed by atoms with Crippen LogP contribution in [0.4, 0.5) is 0 Å². The maximum atomic E-state index is 12.8. The number of piperidine rings is 1. The zero-order chi connectivity index (χ0) is 16.4. The fourth-order valence-electron chi connectivity index (χ4n) is 4.04. The number of carbonyl (C=O) groups is 1. The molecule has 2 aliphatic heterocycles. The number of likely N-dealkylation sites (tertiary alicyclic amines) is 2. The van der Waals surface area contributed by atoms with Crippen LogP contribution >= 0.6 is 0 Å². The maximum absolute atomic E-state index is 12.8. The Morgan fingerprint density at radius 2 is 1.65 bits per heavy atom. The number of methoxy groups -OCH3 is 2. The second kappa shape index (κ2) is 6.40. The first-order valence-corrected chi connectivity index (χ1v) is 8.31. The average molecular weight is 318 g/mol. The molecule has 2 saturated heterocycles. The number of carbonyl (C=O) groups excluding carboxylic acids is 1. The van der Waals surface area contributed by atoms with Crippen LogP contribution in [-0.4, -0.2) is 55.6 Å². The van der Waals surface area contributed by atoms with Crippen molar-refractivity contribution in [3.05, 3.63) is 23.8 Å². The Morgan fingerprint density at radius 1 is 1.04 bits per heavy atom. The standard InChI is InChI=1S/C18H26N2O3/c1-19-8-4-6-18(17(19)21)7-5-9-20(18)13-14-10-15(22-2)12-16(11-14)23-3/h10-12H,4-9,13H2,1-3H3. The van der Waals surface area contributed by atoms with Crippen molar-refractivity contribution in [2.24, 2.45) is 0 Å². The summed E-state index contributed by atoms with van der Waals surface area (Å²) >= 11 is 0. The Bertz CT molecular complexity index is 567. The molecule has 5 heteroatoms. The van der Waals surface area contributed by atoms with Crippen molar-refractivity contribution in [1.29, 1.82) is 0 Å². The van der Waals surface area contributed by atoms with E-state index in [1.54, 1.807) is 14.2 Å². The molecule has 3 rings (SSSR count). The first-order chi connectivity index (χ1) is 11.1. The zero-order valence-corrected chi connectivity index (χ0v) is 14.3. The predicted molar refractivity (Wildman–Crippen MR) is 88.8 cm³/mol. The van der Waals surface area contributed by atoms with Gasteiger partial charge in [-0.2, -0.15) is 0 Å². The minimum Gasteiger partial charge on any atom is -0.497 e. The van der Waals surface area contributed by atoms with Gasteiger partial charge in [-0.1, -0.05) is 0 Å². The second-order valence-electron chi connectivity index (χ2n) is 6.61. The highest BCUT2D eigenvalue weighted by Gasteiger charge is 2.49. The molecule has 2 fully saturated rings. The van der Waals surface area contributed by atoms with Gasteiger partial charge in [-0.05, 0) is 49.9 Å². The van der Waals surface area contributed by atoms with Gasteiger partial charge in [0.15, 0.2) is 0 Å². The van der Waals surface area contributed by atoms with E-state index in [9.17, 15) is 4.79 Å². The third kappa shape index (κ3) is 2.90. The Labute approximate surface area is 138 Å². The van der Waals surface area contributed by atoms with Crippen LogP contribution < -0.4 is 9.47 Å². The topological polar surface area (TPSA) is 42.0 Å². The zero-order valence-electron chi connectivity index (χ0n) is 14.3. The molecule has 1 aromatic rings. The SMILES string of the molecule is COc1cc(CN2CCCC23CCCN(C)C3=O)cc(OC)c1. The van der Waals surface area contributed by atoms with Crippen LogP contribution in [0.15, 0.2) is 18.2 Å². The molecule has 0 radical (unpaired) electrons. The summed E-state index contributed by atoms with van der Waals surface area (Å²) in [5.74, 6) is 1.87. The molecule has 0 aliphatic carbocycles. The summed E-state index contributed by atoms with van der Waals surface area (Å²) in [5, 5.41) is 0. The van der Waals surface area contributed by atoms with Gasteiger partial charge < -0.3 is 14.4 Å². The molecule has 5 nitrogen and oxygen atoms in total. The normalized spacial score (nSPS) is 25.2. The Morgan fingerprint density at radius 3 is 2.26 bits per heavy atom. The summed E-state index contributed by atoms with van der Waals surface area (Å²) in [7, 11) is 5.25. The van der Waals surface area contributed by atoms with Crippen molar-refractivity contribution in [2.45, 2.75) is 37.8 Å². The molecule has 0 aromatic heterocycles. The van der Waals surface area contributed by atoms with Crippen LogP contribution in [0.5, 0.6) is 11.5 Å². The maximum Gasteiger partial charge on any atom is 0.242 e. The molecule has 2 aliphatic rings. The van der Waals surface area contributed by atoms with Gasteiger partial charge in [0.05, 0.1) is 14.2 Å². The van der Waals surface area contributed by atoms with E-state index in [0.29, 0.717) is 0 Å². The molecule has 0 saturated carbocycles. The number of nitrogens with zero attached hydrogens (tertiary/aromatic N) is 2. The van der Waals surface area contributed by atoms with Crippen LogP contribution in [0.3, 0.4) is 0 Å². The van der Waals surface area contributed by atoms with Gasteiger partial charge in [-0.3, -0.25) is 9.69 Å². The Hall–Kier alpha value is -1.75. The lowest BCUT2D eigenvalue weighted by Gasteiger charge is -2.43. The van der Waals surface area contributed by atoms with E-state index in [4.69, 9.17) is 9.47 Å². The van der Waals surface area contributed by atoms with Gasteiger partial charge >= 0.3 is 0 Å². The van der Waals surface area contributed by atoms with E-state index in [1.165, 1.54) is 0 Å². The highest BCUT2D eigenvalue weighted by atomic mass is 16.5. The lowest BCUT2D eigenvalue weighted by atomic mass is 9.85. The molecular weight excluding hydrogens is 292 g/mol. The average Bonchev–Trinajstić information content (AvgIpc) is 2.95. The Balaban J connectivity index is 1.85. The van der Waals surface area contributed by atoms with Crippen LogP contribution in [0, 0.1) is 0 Å². The van der Waals surface area contributed by atoms with Gasteiger partial charge in [0.2, 0.25) is 5.91 Å². The van der Waals surface area contributed by atoms with Gasteiger partial charge in [0.1, 0.15) is 17.0 Å². The summed E-state index contributed by atoms with van der Waals surface area (Å²) in [5.41, 5.74) is 0.826. The van der Waals surface area contributed by atoms with Gasteiger partial charge in [0.25, 0.3) is 0 Å². The molecule has 0 N–H and O–H groups in total. The first-order valence-electron chi connectivity index (χ1n) is 8.31. The lowest BCUT2D eigenvalue weighted by Crippen LogP contribution is -2.58. The monoisotopic (exact) mass is 318 g/mol. The molecule has 0 bridgehead atoms. The molecule has 1 spiro atoms. The van der Waals surface area contributed by atoms with E-state index in [-0.39, 0.29) is 11.4 Å². The fraction of sp³-hybridized carbons (Fsp3) is 0.611. The number of hydrogen-bond donors (Lipinski definition) is 0. The van der Waals surface area contributed by atoms with E-state index in [1.807, 2.05) is 30.1 Å². The quantitative estimate of drug-likeness (QED) is 0.854. The molecule has 126 valence electrons. The lowest BCUT2D eigenvalue weighted by molar-refractivity contribution is -0.146. The van der Waals surface area contributed by atoms with Crippen molar-refractivity contribution >= 4 is 5.91 Å². The van der Waals surface area contributed by atoms with Crippen molar-refractivity contribution < 1.29 is 14.3 Å². The summed E-state index contributed by atoms with van der Waals surface area (Å²) in [4.78, 5) is 17.1. The molecule has 1 unspecified atom stereocenters. The predicted octanol–water partition coefficient (Wildman–Crippen LogP) is 2.29. The van der Waals surface area contributed by atoms with Gasteiger partial charge in [-0.25, -0.2) is 0 Å². The molecular formula is C18H26N2O3. The fourth-order valence-corrected chi connectivity index (χ4v) is 4.04. The van der Waals surface area contributed by atoms with E-state index in [0.717, 1.165) is 62.4 Å². The number of likely N-dealkylation sites (N-methyl/N-ethyl adjacent to an activating group) is 1. The minimum atomic E-state index is -0.302. The van der Waals surface area contributed by atoms with Gasteiger partial charge in [-0.15, -0.1) is 0 Å². The molecule has 1 amide bonds. The number of hydrogen-bond acceptors (Lipinski definition) is 4. The molecule has 2 heterocycles. The van der Waals surface area contributed by atoms with Crippen LogP contribution in [0.2, 0.25) is 0 Å².